The van der Waals surface area contributed by atoms with Gasteiger partial charge in [-0.15, -0.1) is 0 Å². The molecule has 0 aliphatic heterocycles. The molecule has 1 N–H and O–H groups in total. The summed E-state index contributed by atoms with van der Waals surface area (Å²) in [4.78, 5) is 5.04. The van der Waals surface area contributed by atoms with E-state index in [1.807, 2.05) is 18.3 Å². The summed E-state index contributed by atoms with van der Waals surface area (Å²) in [6.45, 7) is 0. The third kappa shape index (κ3) is 2.75. The minimum absolute atomic E-state index is 0.188. The van der Waals surface area contributed by atoms with Gasteiger partial charge in [0.1, 0.15) is 5.75 Å². The van der Waals surface area contributed by atoms with Crippen molar-refractivity contribution in [1.29, 1.82) is 0 Å². The lowest BCUT2D eigenvalue weighted by Crippen LogP contribution is -2.49. The first-order valence-corrected chi connectivity index (χ1v) is 9.92. The molecule has 4 aliphatic rings. The maximum atomic E-state index is 10.2. The molecule has 0 atom stereocenters. The first-order chi connectivity index (χ1) is 10.0. The number of rotatable bonds is 2. The van der Waals surface area contributed by atoms with Crippen LogP contribution in [0.15, 0.2) is 17.1 Å². The highest BCUT2D eigenvalue weighted by atomic mass is 127. The van der Waals surface area contributed by atoms with E-state index in [9.17, 15) is 5.11 Å². The van der Waals surface area contributed by atoms with Crippen LogP contribution < -0.4 is 0 Å². The van der Waals surface area contributed by atoms with Gasteiger partial charge < -0.3 is 5.11 Å². The summed E-state index contributed by atoms with van der Waals surface area (Å²) >= 11 is 4.49. The fourth-order valence-electron chi connectivity index (χ4n) is 5.11. The van der Waals surface area contributed by atoms with E-state index in [4.69, 9.17) is 4.99 Å². The number of aliphatic imine (C=N–C) groups is 1. The zero-order chi connectivity index (χ0) is 14.6. The number of hydrogen-bond acceptors (Lipinski definition) is 2. The summed E-state index contributed by atoms with van der Waals surface area (Å²) in [6.07, 6.45) is 10.1. The Morgan fingerprint density at radius 3 is 2.19 bits per heavy atom. The Bertz CT molecular complexity index is 576. The van der Waals surface area contributed by atoms with Crippen LogP contribution in [0.5, 0.6) is 5.75 Å². The molecule has 4 fully saturated rings. The normalized spacial score (nSPS) is 37.5. The largest absolute Gasteiger partial charge is 0.506 e. The second-order valence-corrected chi connectivity index (χ2v) is 9.63. The Balaban J connectivity index is 1.64. The van der Waals surface area contributed by atoms with Crippen molar-refractivity contribution in [3.8, 4) is 5.75 Å². The van der Waals surface area contributed by atoms with E-state index in [-0.39, 0.29) is 5.54 Å². The van der Waals surface area contributed by atoms with Crippen LogP contribution in [0.4, 0.5) is 0 Å². The zero-order valence-electron chi connectivity index (χ0n) is 11.9. The molecule has 4 saturated carbocycles. The van der Waals surface area contributed by atoms with Gasteiger partial charge in [-0.25, -0.2) is 0 Å². The third-order valence-corrected chi connectivity index (χ3v) is 6.99. The molecule has 0 radical (unpaired) electrons. The zero-order valence-corrected chi connectivity index (χ0v) is 16.2. The monoisotopic (exact) mass is 507 g/mol. The van der Waals surface area contributed by atoms with Gasteiger partial charge in [0.05, 0.1) is 9.11 Å². The second kappa shape index (κ2) is 5.35. The number of benzene rings is 1. The molecule has 0 unspecified atom stereocenters. The van der Waals surface area contributed by atoms with Crippen molar-refractivity contribution in [2.45, 2.75) is 44.1 Å². The topological polar surface area (TPSA) is 32.6 Å². The van der Waals surface area contributed by atoms with E-state index in [0.29, 0.717) is 5.75 Å². The molecule has 1 aromatic rings. The standard InChI is InChI=1S/C17H19I2NO/c18-14-4-13(16(21)15(19)5-14)9-20-17-6-10-1-11(7-17)3-12(2-10)8-17/h4-5,9-12,21H,1-3,6-8H2. The fourth-order valence-corrected chi connectivity index (χ4v) is 7.00. The first kappa shape index (κ1) is 14.7. The molecule has 4 aliphatic carbocycles. The number of nitrogens with zero attached hydrogens (tertiary/aromatic N) is 1. The van der Waals surface area contributed by atoms with E-state index in [2.05, 4.69) is 45.2 Å². The molecular weight excluding hydrogens is 488 g/mol. The molecule has 0 aromatic heterocycles. The first-order valence-electron chi connectivity index (χ1n) is 7.76. The SMILES string of the molecule is Oc1c(I)cc(I)cc1C=NC12CC3CC(CC(C3)C1)C2. The molecule has 4 bridgehead atoms. The number of phenolic OH excluding ortho intramolecular Hbond substituents is 1. The Morgan fingerprint density at radius 2 is 1.62 bits per heavy atom. The molecule has 0 saturated heterocycles. The summed E-state index contributed by atoms with van der Waals surface area (Å²) < 4.78 is 2.06. The molecule has 1 aromatic carbocycles. The van der Waals surface area contributed by atoms with Gasteiger partial charge in [0, 0.05) is 15.3 Å². The predicted molar refractivity (Wildman–Crippen MR) is 102 cm³/mol. The highest BCUT2D eigenvalue weighted by Crippen LogP contribution is 2.57. The Labute approximate surface area is 153 Å². The average Bonchev–Trinajstić information content (AvgIpc) is 2.40. The Kier molecular flexibility index (Phi) is 3.75. The van der Waals surface area contributed by atoms with Crippen molar-refractivity contribution in [3.63, 3.8) is 0 Å². The van der Waals surface area contributed by atoms with Gasteiger partial charge in [-0.1, -0.05) is 0 Å². The van der Waals surface area contributed by atoms with Gasteiger partial charge in [0.15, 0.2) is 0 Å². The maximum absolute atomic E-state index is 10.2. The second-order valence-electron chi connectivity index (χ2n) is 7.23. The van der Waals surface area contributed by atoms with Crippen molar-refractivity contribution in [2.75, 3.05) is 0 Å². The van der Waals surface area contributed by atoms with Crippen molar-refractivity contribution >= 4 is 51.4 Å². The van der Waals surface area contributed by atoms with Crippen LogP contribution in [0.2, 0.25) is 0 Å². The van der Waals surface area contributed by atoms with Crippen molar-refractivity contribution in [3.05, 3.63) is 24.8 Å². The Hall–Kier alpha value is 0.150. The minimum atomic E-state index is 0.188. The lowest BCUT2D eigenvalue weighted by Gasteiger charge is -2.54. The summed E-state index contributed by atoms with van der Waals surface area (Å²) in [5.41, 5.74) is 1.07. The quantitative estimate of drug-likeness (QED) is 0.445. The van der Waals surface area contributed by atoms with Crippen molar-refractivity contribution < 1.29 is 5.11 Å². The number of hydrogen-bond donors (Lipinski definition) is 1. The molecule has 4 heteroatoms. The van der Waals surface area contributed by atoms with Crippen LogP contribution in [0.25, 0.3) is 0 Å². The summed E-state index contributed by atoms with van der Waals surface area (Å²) in [7, 11) is 0. The lowest BCUT2D eigenvalue weighted by atomic mass is 9.53. The van der Waals surface area contributed by atoms with Crippen LogP contribution in [-0.2, 0) is 0 Å². The molecule has 2 nitrogen and oxygen atoms in total. The third-order valence-electron chi connectivity index (χ3n) is 5.54. The Morgan fingerprint density at radius 1 is 1.05 bits per heavy atom. The van der Waals surface area contributed by atoms with Crippen LogP contribution in [-0.4, -0.2) is 16.9 Å². The van der Waals surface area contributed by atoms with Gasteiger partial charge >= 0.3 is 0 Å². The summed E-state index contributed by atoms with van der Waals surface area (Å²) in [5.74, 6) is 3.12. The van der Waals surface area contributed by atoms with Crippen LogP contribution in [0, 0.1) is 24.9 Å². The summed E-state index contributed by atoms with van der Waals surface area (Å²) in [5, 5.41) is 10.2. The van der Waals surface area contributed by atoms with Crippen molar-refractivity contribution in [1.82, 2.24) is 0 Å². The molecular formula is C17H19I2NO. The molecule has 5 rings (SSSR count). The molecule has 0 spiro atoms. The van der Waals surface area contributed by atoms with E-state index in [1.54, 1.807) is 0 Å². The van der Waals surface area contributed by atoms with E-state index < -0.39 is 0 Å². The fraction of sp³-hybridized carbons (Fsp3) is 0.588. The minimum Gasteiger partial charge on any atom is -0.506 e. The van der Waals surface area contributed by atoms with Crippen molar-refractivity contribution in [2.24, 2.45) is 22.7 Å². The molecule has 0 amide bonds. The molecule has 0 heterocycles. The van der Waals surface area contributed by atoms with Crippen LogP contribution >= 0.6 is 45.2 Å². The van der Waals surface area contributed by atoms with Crippen LogP contribution in [0.3, 0.4) is 0 Å². The molecule has 21 heavy (non-hydrogen) atoms. The van der Waals surface area contributed by atoms with Crippen LogP contribution in [0.1, 0.15) is 44.1 Å². The van der Waals surface area contributed by atoms with E-state index in [0.717, 1.165) is 30.5 Å². The predicted octanol–water partition coefficient (Wildman–Crippen LogP) is 4.99. The highest BCUT2D eigenvalue weighted by molar-refractivity contribution is 14.1. The van der Waals surface area contributed by atoms with Gasteiger partial charge in [0.25, 0.3) is 0 Å². The molecule has 112 valence electrons. The lowest BCUT2D eigenvalue weighted by molar-refractivity contribution is 0.00194. The van der Waals surface area contributed by atoms with Gasteiger partial charge in [0.2, 0.25) is 0 Å². The number of aromatic hydroxyl groups is 1. The number of phenols is 1. The van der Waals surface area contributed by atoms with Gasteiger partial charge in [-0.2, -0.15) is 0 Å². The smallest absolute Gasteiger partial charge is 0.137 e. The van der Waals surface area contributed by atoms with Gasteiger partial charge in [-0.3, -0.25) is 4.99 Å². The number of halogens is 2. The van der Waals surface area contributed by atoms with Gasteiger partial charge in [-0.05, 0) is 114 Å². The average molecular weight is 507 g/mol. The summed E-state index contributed by atoms with van der Waals surface area (Å²) in [6, 6.07) is 4.03. The van der Waals surface area contributed by atoms with E-state index >= 15 is 0 Å². The van der Waals surface area contributed by atoms with E-state index in [1.165, 1.54) is 38.5 Å². The maximum Gasteiger partial charge on any atom is 0.137 e. The highest BCUT2D eigenvalue weighted by Gasteiger charge is 2.50.